The molecule has 0 saturated carbocycles. The van der Waals surface area contributed by atoms with Crippen molar-refractivity contribution in [2.45, 2.75) is 19.8 Å². The van der Waals surface area contributed by atoms with Gasteiger partial charge < -0.3 is 15.5 Å². The zero-order valence-electron chi connectivity index (χ0n) is 19.2. The summed E-state index contributed by atoms with van der Waals surface area (Å²) in [7, 11) is 1.77. The molecule has 4 rings (SSSR count). The molecule has 0 spiro atoms. The van der Waals surface area contributed by atoms with Crippen LogP contribution in [0, 0.1) is 5.41 Å². The first-order valence-electron chi connectivity index (χ1n) is 11.4. The first-order chi connectivity index (χ1) is 16.0. The van der Waals surface area contributed by atoms with Gasteiger partial charge in [0.1, 0.15) is 5.82 Å². The van der Waals surface area contributed by atoms with Crippen molar-refractivity contribution >= 4 is 17.6 Å². The summed E-state index contributed by atoms with van der Waals surface area (Å²) in [6, 6.07) is 22.0. The Hall–Kier alpha value is -3.67. The Morgan fingerprint density at radius 2 is 1.82 bits per heavy atom. The summed E-state index contributed by atoms with van der Waals surface area (Å²) in [5.74, 6) is 0.585. The third kappa shape index (κ3) is 4.90. The number of carbonyl (C=O) groups is 2. The van der Waals surface area contributed by atoms with Crippen molar-refractivity contribution in [3.8, 4) is 11.1 Å². The summed E-state index contributed by atoms with van der Waals surface area (Å²) in [6.07, 6.45) is 2.84. The molecule has 2 N–H and O–H groups in total. The molecule has 1 aromatic heterocycles. The molecular weight excluding hydrogens is 412 g/mol. The number of hydrogen-bond acceptors (Lipinski definition) is 4. The summed E-state index contributed by atoms with van der Waals surface area (Å²) < 4.78 is 0. The molecule has 1 fully saturated rings. The Kier molecular flexibility index (Phi) is 6.73. The minimum absolute atomic E-state index is 0.0102. The van der Waals surface area contributed by atoms with Gasteiger partial charge in [-0.15, -0.1) is 0 Å². The second kappa shape index (κ2) is 9.86. The van der Waals surface area contributed by atoms with Gasteiger partial charge in [-0.2, -0.15) is 0 Å². The molecule has 1 aliphatic heterocycles. The number of nitrogens with zero attached hydrogens (tertiary/aromatic N) is 2. The first-order valence-corrected chi connectivity index (χ1v) is 11.4. The van der Waals surface area contributed by atoms with Crippen LogP contribution in [-0.2, 0) is 11.2 Å². The molecule has 1 aliphatic rings. The Labute approximate surface area is 195 Å². The molecule has 170 valence electrons. The highest BCUT2D eigenvalue weighted by Gasteiger charge is 2.46. The van der Waals surface area contributed by atoms with Crippen LogP contribution in [0.5, 0.6) is 0 Å². The zero-order valence-corrected chi connectivity index (χ0v) is 19.2. The Balaban J connectivity index is 1.59. The van der Waals surface area contributed by atoms with E-state index < -0.39 is 5.41 Å². The number of carbonyl (C=O) groups excluding carboxylic acids is 2. The lowest BCUT2D eigenvalue weighted by Crippen LogP contribution is -2.45. The number of aromatic nitrogens is 1. The summed E-state index contributed by atoms with van der Waals surface area (Å²) in [5.41, 5.74) is 3.29. The topological polar surface area (TPSA) is 74.3 Å². The van der Waals surface area contributed by atoms with E-state index in [4.69, 9.17) is 0 Å². The van der Waals surface area contributed by atoms with Gasteiger partial charge in [0.05, 0.1) is 5.41 Å². The monoisotopic (exact) mass is 442 g/mol. The molecule has 0 radical (unpaired) electrons. The van der Waals surface area contributed by atoms with E-state index in [0.29, 0.717) is 43.9 Å². The molecule has 1 atom stereocenters. The molecule has 2 heterocycles. The minimum Gasteiger partial charge on any atom is -0.373 e. The van der Waals surface area contributed by atoms with Gasteiger partial charge >= 0.3 is 0 Å². The molecule has 0 bridgehead atoms. The summed E-state index contributed by atoms with van der Waals surface area (Å²) in [4.78, 5) is 32.5. The van der Waals surface area contributed by atoms with Crippen molar-refractivity contribution in [3.05, 3.63) is 84.1 Å². The quantitative estimate of drug-likeness (QED) is 0.580. The molecule has 3 aromatic rings. The van der Waals surface area contributed by atoms with Crippen LogP contribution in [0.3, 0.4) is 0 Å². The van der Waals surface area contributed by atoms with Crippen LogP contribution in [0.4, 0.5) is 5.82 Å². The van der Waals surface area contributed by atoms with Gasteiger partial charge in [0.2, 0.25) is 5.91 Å². The highest BCUT2D eigenvalue weighted by Crippen LogP contribution is 2.36. The molecule has 6 heteroatoms. The highest BCUT2D eigenvalue weighted by atomic mass is 16.2. The van der Waals surface area contributed by atoms with Crippen LogP contribution in [-0.4, -0.2) is 48.4 Å². The van der Waals surface area contributed by atoms with Gasteiger partial charge in [-0.05, 0) is 48.6 Å². The fourth-order valence-electron chi connectivity index (χ4n) is 4.57. The molecule has 0 unspecified atom stereocenters. The summed E-state index contributed by atoms with van der Waals surface area (Å²) in [5, 5.41) is 5.98. The van der Waals surface area contributed by atoms with Gasteiger partial charge in [-0.3, -0.25) is 9.59 Å². The lowest BCUT2D eigenvalue weighted by atomic mass is 9.79. The van der Waals surface area contributed by atoms with Crippen molar-refractivity contribution in [1.82, 2.24) is 15.2 Å². The third-order valence-electron chi connectivity index (χ3n) is 6.30. The van der Waals surface area contributed by atoms with Gasteiger partial charge in [0.25, 0.3) is 5.91 Å². The average Bonchev–Trinajstić information content (AvgIpc) is 3.29. The van der Waals surface area contributed by atoms with E-state index in [-0.39, 0.29) is 11.8 Å². The van der Waals surface area contributed by atoms with E-state index in [1.807, 2.05) is 31.2 Å². The maximum Gasteiger partial charge on any atom is 0.254 e. The van der Waals surface area contributed by atoms with Crippen molar-refractivity contribution in [1.29, 1.82) is 0 Å². The van der Waals surface area contributed by atoms with Gasteiger partial charge in [0, 0.05) is 38.4 Å². The number of anilines is 1. The molecular formula is C27H30N4O2. The third-order valence-corrected chi connectivity index (χ3v) is 6.30. The number of amides is 2. The molecule has 2 aromatic carbocycles. The maximum atomic E-state index is 13.3. The first kappa shape index (κ1) is 22.5. The summed E-state index contributed by atoms with van der Waals surface area (Å²) >= 11 is 0. The average molecular weight is 443 g/mol. The molecule has 0 aliphatic carbocycles. The van der Waals surface area contributed by atoms with Crippen molar-refractivity contribution in [3.63, 3.8) is 0 Å². The van der Waals surface area contributed by atoms with Crippen LogP contribution in [0.25, 0.3) is 11.1 Å². The number of hydrogen-bond donors (Lipinski definition) is 2. The van der Waals surface area contributed by atoms with E-state index in [1.165, 1.54) is 0 Å². The number of rotatable bonds is 7. The number of nitrogens with one attached hydrogen (secondary N) is 2. The molecule has 2 amide bonds. The molecule has 1 saturated heterocycles. The Bertz CT molecular complexity index is 1130. The van der Waals surface area contributed by atoms with Crippen LogP contribution < -0.4 is 10.6 Å². The van der Waals surface area contributed by atoms with Crippen LogP contribution in [0.2, 0.25) is 0 Å². The SMILES string of the molecule is CCNC(=O)[C@@]1(Cc2cccc(-c3ccccc3)c2)CCN(C(=O)c2ccnc(NC)c2)C1. The predicted octanol–water partition coefficient (Wildman–Crippen LogP) is 4.00. The second-order valence-corrected chi connectivity index (χ2v) is 8.54. The Morgan fingerprint density at radius 1 is 1.03 bits per heavy atom. The number of benzene rings is 2. The standard InChI is InChI=1S/C27H30N4O2/c1-3-29-26(33)27(18-20-8-7-11-22(16-20)21-9-5-4-6-10-21)13-15-31(19-27)25(32)23-12-14-30-24(17-23)28-2/h4-12,14,16-17H,3,13,15,18-19H2,1-2H3,(H,28,30)(H,29,33)/t27-/m1/s1. The fourth-order valence-corrected chi connectivity index (χ4v) is 4.57. The lowest BCUT2D eigenvalue weighted by molar-refractivity contribution is -0.130. The smallest absolute Gasteiger partial charge is 0.254 e. The highest BCUT2D eigenvalue weighted by molar-refractivity contribution is 5.96. The second-order valence-electron chi connectivity index (χ2n) is 8.54. The largest absolute Gasteiger partial charge is 0.373 e. The maximum absolute atomic E-state index is 13.3. The van der Waals surface area contributed by atoms with Crippen LogP contribution in [0.15, 0.2) is 72.9 Å². The number of pyridine rings is 1. The van der Waals surface area contributed by atoms with Gasteiger partial charge in [-0.25, -0.2) is 4.98 Å². The van der Waals surface area contributed by atoms with E-state index in [2.05, 4.69) is 45.9 Å². The fraction of sp³-hybridized carbons (Fsp3) is 0.296. The lowest BCUT2D eigenvalue weighted by Gasteiger charge is -2.28. The van der Waals surface area contributed by atoms with Gasteiger partial charge in [0.15, 0.2) is 0 Å². The van der Waals surface area contributed by atoms with Crippen molar-refractivity contribution < 1.29 is 9.59 Å². The molecule has 33 heavy (non-hydrogen) atoms. The normalized spacial score (nSPS) is 17.6. The number of likely N-dealkylation sites (tertiary alicyclic amines) is 1. The molecule has 6 nitrogen and oxygen atoms in total. The zero-order chi connectivity index (χ0) is 23.3. The Morgan fingerprint density at radius 3 is 2.58 bits per heavy atom. The van der Waals surface area contributed by atoms with Crippen LogP contribution in [0.1, 0.15) is 29.3 Å². The van der Waals surface area contributed by atoms with Crippen molar-refractivity contribution in [2.75, 3.05) is 32.0 Å². The van der Waals surface area contributed by atoms with E-state index in [9.17, 15) is 9.59 Å². The van der Waals surface area contributed by atoms with E-state index in [1.54, 1.807) is 30.3 Å². The van der Waals surface area contributed by atoms with Gasteiger partial charge in [-0.1, -0.05) is 54.6 Å². The predicted molar refractivity (Wildman–Crippen MR) is 131 cm³/mol. The van der Waals surface area contributed by atoms with Crippen LogP contribution >= 0.6 is 0 Å². The minimum atomic E-state index is -0.653. The summed E-state index contributed by atoms with van der Waals surface area (Å²) in [6.45, 7) is 3.43. The van der Waals surface area contributed by atoms with E-state index in [0.717, 1.165) is 16.7 Å². The van der Waals surface area contributed by atoms with Crippen molar-refractivity contribution in [2.24, 2.45) is 5.41 Å². The van der Waals surface area contributed by atoms with E-state index >= 15 is 0 Å².